The number of rotatable bonds is 6. The lowest BCUT2D eigenvalue weighted by atomic mass is 9.98. The van der Waals surface area contributed by atoms with Gasteiger partial charge >= 0.3 is 0 Å². The Morgan fingerprint density at radius 2 is 2.11 bits per heavy atom. The van der Waals surface area contributed by atoms with Crippen molar-refractivity contribution in [3.8, 4) is 0 Å². The van der Waals surface area contributed by atoms with Gasteiger partial charge in [0.15, 0.2) is 0 Å². The van der Waals surface area contributed by atoms with Crippen LogP contribution in [0.25, 0.3) is 0 Å². The minimum absolute atomic E-state index is 0.196. The maximum Gasteiger partial charge on any atom is 0.244 e. The molecule has 1 saturated carbocycles. The first-order valence-corrected chi connectivity index (χ1v) is 9.06. The summed E-state index contributed by atoms with van der Waals surface area (Å²) in [5.41, 5.74) is -0.196. The van der Waals surface area contributed by atoms with Crippen molar-refractivity contribution in [2.75, 3.05) is 18.6 Å². The monoisotopic (exact) mass is 284 g/mol. The Bertz CT molecular complexity index is 313. The van der Waals surface area contributed by atoms with Crippen LogP contribution in [0.15, 0.2) is 0 Å². The van der Waals surface area contributed by atoms with Crippen molar-refractivity contribution in [3.05, 3.63) is 0 Å². The molecular formula is C15H28N2OS. The summed E-state index contributed by atoms with van der Waals surface area (Å²) in [5.74, 6) is 2.16. The van der Waals surface area contributed by atoms with Crippen molar-refractivity contribution >= 4 is 17.7 Å². The van der Waals surface area contributed by atoms with Crippen molar-refractivity contribution < 1.29 is 4.79 Å². The van der Waals surface area contributed by atoms with Gasteiger partial charge in [0, 0.05) is 6.54 Å². The van der Waals surface area contributed by atoms with Gasteiger partial charge in [-0.1, -0.05) is 26.7 Å². The van der Waals surface area contributed by atoms with Gasteiger partial charge in [0.1, 0.15) is 0 Å². The molecule has 110 valence electrons. The second kappa shape index (κ2) is 6.49. The second-order valence-corrected chi connectivity index (χ2v) is 7.41. The lowest BCUT2D eigenvalue weighted by Gasteiger charge is -2.25. The first kappa shape index (κ1) is 15.2. The van der Waals surface area contributed by atoms with Gasteiger partial charge in [-0.25, -0.2) is 0 Å². The average molecular weight is 284 g/mol. The van der Waals surface area contributed by atoms with Gasteiger partial charge in [0.25, 0.3) is 0 Å². The highest BCUT2D eigenvalue weighted by Gasteiger charge is 2.51. The minimum atomic E-state index is -0.196. The van der Waals surface area contributed by atoms with Crippen LogP contribution in [-0.4, -0.2) is 41.1 Å². The lowest BCUT2D eigenvalue weighted by molar-refractivity contribution is -0.133. The van der Waals surface area contributed by atoms with E-state index in [4.69, 9.17) is 0 Å². The quantitative estimate of drug-likeness (QED) is 0.761. The molecule has 0 aromatic carbocycles. The van der Waals surface area contributed by atoms with E-state index in [2.05, 4.69) is 30.3 Å². The van der Waals surface area contributed by atoms with Crippen LogP contribution >= 0.6 is 11.8 Å². The van der Waals surface area contributed by atoms with E-state index in [1.54, 1.807) is 0 Å². The predicted molar refractivity (Wildman–Crippen MR) is 82.3 cm³/mol. The van der Waals surface area contributed by atoms with Crippen molar-refractivity contribution in [3.63, 3.8) is 0 Å². The Kier molecular flexibility index (Phi) is 5.18. The zero-order valence-electron chi connectivity index (χ0n) is 12.6. The number of nitrogens with zero attached hydrogens (tertiary/aromatic N) is 1. The van der Waals surface area contributed by atoms with Crippen LogP contribution in [0.4, 0.5) is 0 Å². The molecule has 1 aliphatic carbocycles. The van der Waals surface area contributed by atoms with Crippen LogP contribution in [0.3, 0.4) is 0 Å². The molecule has 0 aromatic heterocycles. The SMILES string of the molecule is CSCCCN1C(=O)C2(CCCC2)NC1CC(C)C. The molecular weight excluding hydrogens is 256 g/mol. The highest BCUT2D eigenvalue weighted by atomic mass is 32.2. The molecule has 2 rings (SSSR count). The third-order valence-corrected chi connectivity index (χ3v) is 5.09. The summed E-state index contributed by atoms with van der Waals surface area (Å²) in [7, 11) is 0. The van der Waals surface area contributed by atoms with Crippen LogP contribution in [0.1, 0.15) is 52.4 Å². The van der Waals surface area contributed by atoms with Crippen molar-refractivity contribution in [2.45, 2.75) is 64.1 Å². The molecule has 19 heavy (non-hydrogen) atoms. The molecule has 0 aromatic rings. The number of carbonyl (C=O) groups excluding carboxylic acids is 1. The van der Waals surface area contributed by atoms with Crippen molar-refractivity contribution in [1.82, 2.24) is 10.2 Å². The van der Waals surface area contributed by atoms with Crippen LogP contribution in [0, 0.1) is 5.92 Å². The van der Waals surface area contributed by atoms with Crippen molar-refractivity contribution in [2.24, 2.45) is 5.92 Å². The van der Waals surface area contributed by atoms with Crippen LogP contribution in [0.2, 0.25) is 0 Å². The Morgan fingerprint density at radius 1 is 1.42 bits per heavy atom. The molecule has 1 unspecified atom stereocenters. The van der Waals surface area contributed by atoms with E-state index in [0.717, 1.165) is 38.0 Å². The molecule has 1 spiro atoms. The Morgan fingerprint density at radius 3 is 2.68 bits per heavy atom. The summed E-state index contributed by atoms with van der Waals surface area (Å²) in [6.45, 7) is 5.41. The smallest absolute Gasteiger partial charge is 0.244 e. The number of hydrogen-bond acceptors (Lipinski definition) is 3. The summed E-state index contributed by atoms with van der Waals surface area (Å²) in [5, 5.41) is 3.69. The summed E-state index contributed by atoms with van der Waals surface area (Å²) in [6.07, 6.45) is 9.07. The highest BCUT2D eigenvalue weighted by molar-refractivity contribution is 7.98. The number of nitrogens with one attached hydrogen (secondary N) is 1. The van der Waals surface area contributed by atoms with E-state index in [-0.39, 0.29) is 11.7 Å². The normalized spacial score (nSPS) is 26.0. The maximum atomic E-state index is 12.8. The number of hydrogen-bond donors (Lipinski definition) is 1. The standard InChI is InChI=1S/C15H28N2OS/c1-12(2)11-13-16-15(7-4-5-8-15)14(18)17(13)9-6-10-19-3/h12-13,16H,4-11H2,1-3H3. The second-order valence-electron chi connectivity index (χ2n) is 6.42. The fourth-order valence-corrected chi connectivity index (χ4v) is 3.90. The van der Waals surface area contributed by atoms with Crippen molar-refractivity contribution in [1.29, 1.82) is 0 Å². The Balaban J connectivity index is 2.04. The Hall–Kier alpha value is -0.220. The van der Waals surface area contributed by atoms with E-state index in [0.29, 0.717) is 11.8 Å². The van der Waals surface area contributed by atoms with Crippen LogP contribution in [0.5, 0.6) is 0 Å². The summed E-state index contributed by atoms with van der Waals surface area (Å²) >= 11 is 1.87. The van der Waals surface area contributed by atoms with E-state index < -0.39 is 0 Å². The molecule has 1 atom stereocenters. The van der Waals surface area contributed by atoms with E-state index in [1.165, 1.54) is 12.8 Å². The molecule has 3 nitrogen and oxygen atoms in total. The van der Waals surface area contributed by atoms with Gasteiger partial charge in [-0.05, 0) is 43.6 Å². The van der Waals surface area contributed by atoms with Gasteiger partial charge in [0.05, 0.1) is 11.7 Å². The van der Waals surface area contributed by atoms with Gasteiger partial charge in [-0.3, -0.25) is 10.1 Å². The molecule has 0 bridgehead atoms. The molecule has 1 heterocycles. The fraction of sp³-hybridized carbons (Fsp3) is 0.933. The van der Waals surface area contributed by atoms with Gasteiger partial charge < -0.3 is 4.90 Å². The van der Waals surface area contributed by atoms with Gasteiger partial charge in [0.2, 0.25) is 5.91 Å². The van der Waals surface area contributed by atoms with Gasteiger partial charge in [-0.2, -0.15) is 11.8 Å². The first-order chi connectivity index (χ1) is 9.09. The molecule has 4 heteroatoms. The van der Waals surface area contributed by atoms with Crippen LogP contribution in [-0.2, 0) is 4.79 Å². The topological polar surface area (TPSA) is 32.3 Å². The largest absolute Gasteiger partial charge is 0.325 e. The molecule has 1 saturated heterocycles. The van der Waals surface area contributed by atoms with E-state index in [9.17, 15) is 4.79 Å². The first-order valence-electron chi connectivity index (χ1n) is 7.67. The molecule has 1 aliphatic heterocycles. The molecule has 0 radical (unpaired) electrons. The zero-order chi connectivity index (χ0) is 13.9. The summed E-state index contributed by atoms with van der Waals surface area (Å²) in [6, 6.07) is 0. The van der Waals surface area contributed by atoms with E-state index in [1.807, 2.05) is 11.8 Å². The maximum absolute atomic E-state index is 12.8. The molecule has 1 amide bonds. The third kappa shape index (κ3) is 3.27. The summed E-state index contributed by atoms with van der Waals surface area (Å²) in [4.78, 5) is 14.9. The van der Waals surface area contributed by atoms with Gasteiger partial charge in [-0.15, -0.1) is 0 Å². The molecule has 2 aliphatic rings. The lowest BCUT2D eigenvalue weighted by Crippen LogP contribution is -2.44. The minimum Gasteiger partial charge on any atom is -0.325 e. The summed E-state index contributed by atoms with van der Waals surface area (Å²) < 4.78 is 0. The van der Waals surface area contributed by atoms with Crippen LogP contribution < -0.4 is 5.32 Å². The highest BCUT2D eigenvalue weighted by Crippen LogP contribution is 2.37. The number of thioether (sulfide) groups is 1. The zero-order valence-corrected chi connectivity index (χ0v) is 13.4. The third-order valence-electron chi connectivity index (χ3n) is 4.39. The molecule has 2 fully saturated rings. The van der Waals surface area contributed by atoms with E-state index >= 15 is 0 Å². The Labute approximate surface area is 121 Å². The average Bonchev–Trinajstić information content (AvgIpc) is 2.90. The predicted octanol–water partition coefficient (Wildman–Crippen LogP) is 2.86. The number of amides is 1. The fourth-order valence-electron chi connectivity index (χ4n) is 3.48. The number of carbonyl (C=O) groups is 1. The molecule has 1 N–H and O–H groups in total.